The average Bonchev–Trinajstić information content (AvgIpc) is 3.07. The zero-order chi connectivity index (χ0) is 16.6. The Balaban J connectivity index is 2.24. The lowest BCUT2D eigenvalue weighted by Gasteiger charge is -2.03. The molecule has 0 aliphatic heterocycles. The monoisotopic (exact) mass is 329 g/mol. The number of nitrogens with one attached hydrogen (secondary N) is 2. The summed E-state index contributed by atoms with van der Waals surface area (Å²) in [5.74, 6) is 1.32. The van der Waals surface area contributed by atoms with Crippen molar-refractivity contribution in [2.45, 2.75) is 13.5 Å². The summed E-state index contributed by atoms with van der Waals surface area (Å²) in [6.45, 7) is 3.60. The van der Waals surface area contributed by atoms with Crippen LogP contribution < -0.4 is 16.8 Å². The first-order valence-electron chi connectivity index (χ1n) is 7.29. The predicted octanol–water partition coefficient (Wildman–Crippen LogP) is 1.71. The van der Waals surface area contributed by atoms with Crippen LogP contribution in [-0.4, -0.2) is 26.8 Å². The number of anilines is 1. The molecule has 0 fully saturated rings. The van der Waals surface area contributed by atoms with Crippen LogP contribution in [0.3, 0.4) is 0 Å². The van der Waals surface area contributed by atoms with Crippen molar-refractivity contribution in [3.63, 3.8) is 0 Å². The molecule has 23 heavy (non-hydrogen) atoms. The van der Waals surface area contributed by atoms with Gasteiger partial charge in [0.15, 0.2) is 5.82 Å². The van der Waals surface area contributed by atoms with E-state index in [-0.39, 0.29) is 0 Å². The van der Waals surface area contributed by atoms with Crippen molar-refractivity contribution >= 4 is 44.1 Å². The van der Waals surface area contributed by atoms with Crippen LogP contribution in [0.5, 0.6) is 0 Å². The number of pyridine rings is 1. The fourth-order valence-electron chi connectivity index (χ4n) is 2.51. The maximum Gasteiger partial charge on any atom is 0.152 e. The quantitative estimate of drug-likeness (QED) is 0.531. The second-order valence-electron chi connectivity index (χ2n) is 5.16. The summed E-state index contributed by atoms with van der Waals surface area (Å²) in [5, 5.41) is 11.3. The molecule has 0 unspecified atom stereocenters. The molecular weight excluding hydrogens is 310 g/mol. The number of hydrogen-bond acceptors (Lipinski definition) is 7. The summed E-state index contributed by atoms with van der Waals surface area (Å²) in [6.07, 6.45) is 2.92. The van der Waals surface area contributed by atoms with E-state index in [0.717, 1.165) is 33.0 Å². The van der Waals surface area contributed by atoms with Crippen LogP contribution in [0, 0.1) is 5.41 Å². The minimum absolute atomic E-state index is 0.359. The zero-order valence-electron chi connectivity index (χ0n) is 13.1. The number of nitrogens with zero attached hydrogens (tertiary/aromatic N) is 3. The van der Waals surface area contributed by atoms with Crippen LogP contribution in [0.15, 0.2) is 18.3 Å². The van der Waals surface area contributed by atoms with E-state index < -0.39 is 0 Å². The summed E-state index contributed by atoms with van der Waals surface area (Å²) in [4.78, 5) is 9.86. The number of nitrogen functional groups attached to an aromatic ring is 1. The lowest BCUT2D eigenvalue weighted by Crippen LogP contribution is -2.15. The molecule has 3 aromatic rings. The van der Waals surface area contributed by atoms with Gasteiger partial charge in [0.05, 0.1) is 32.9 Å². The van der Waals surface area contributed by atoms with Gasteiger partial charge in [-0.2, -0.15) is 0 Å². The summed E-state index contributed by atoms with van der Waals surface area (Å²) >= 11 is 1.50. The van der Waals surface area contributed by atoms with Crippen LogP contribution in [0.1, 0.15) is 17.6 Å². The number of aryl methyl sites for hydroxylation is 1. The maximum absolute atomic E-state index is 8.03. The van der Waals surface area contributed by atoms with Gasteiger partial charge in [-0.05, 0) is 24.9 Å². The number of rotatable bonds is 5. The Morgan fingerprint density at radius 2 is 2.26 bits per heavy atom. The van der Waals surface area contributed by atoms with Gasteiger partial charge in [0, 0.05) is 7.05 Å². The van der Waals surface area contributed by atoms with Crippen LogP contribution in [0.25, 0.3) is 21.3 Å². The van der Waals surface area contributed by atoms with Gasteiger partial charge in [0.1, 0.15) is 11.3 Å². The normalized spacial score (nSPS) is 11.9. The minimum Gasteiger partial charge on any atom is -0.405 e. The first-order chi connectivity index (χ1) is 11.1. The molecule has 0 amide bonds. The van der Waals surface area contributed by atoms with Gasteiger partial charge >= 0.3 is 0 Å². The molecule has 3 rings (SSSR count). The number of imidazole rings is 1. The topological polar surface area (TPSA) is 119 Å². The van der Waals surface area contributed by atoms with Crippen molar-refractivity contribution in [1.29, 1.82) is 5.41 Å². The molecule has 0 bridgehead atoms. The fourth-order valence-corrected chi connectivity index (χ4v) is 3.61. The Kier molecular flexibility index (Phi) is 4.01. The van der Waals surface area contributed by atoms with E-state index in [2.05, 4.69) is 22.2 Å². The summed E-state index contributed by atoms with van der Waals surface area (Å²) in [7, 11) is 1.98. The Morgan fingerprint density at radius 1 is 1.48 bits per heavy atom. The van der Waals surface area contributed by atoms with Crippen molar-refractivity contribution in [3.8, 4) is 0 Å². The number of allylic oxidation sites excluding steroid dienone is 1. The fraction of sp³-hybridized carbons (Fsp3) is 0.267. The van der Waals surface area contributed by atoms with Crippen LogP contribution in [0.2, 0.25) is 0 Å². The van der Waals surface area contributed by atoms with E-state index in [9.17, 15) is 0 Å². The lowest BCUT2D eigenvalue weighted by molar-refractivity contribution is 0.667. The molecular formula is C15H19N7S. The standard InChI is InChI=1S/C15H19N7S/c1-3-19-7-11-21-12-13(22(11)2)14-9(20-15(12)18)6-10(23-14)8(17)4-5-16/h4-6,17,19H,3,7,16H2,1-2H3,(H2,18,20)/b5-4-,17-8?. The van der Waals surface area contributed by atoms with E-state index in [1.807, 2.05) is 17.7 Å². The molecule has 0 aromatic carbocycles. The van der Waals surface area contributed by atoms with Crippen LogP contribution in [-0.2, 0) is 13.6 Å². The molecule has 0 saturated heterocycles. The van der Waals surface area contributed by atoms with E-state index >= 15 is 0 Å². The van der Waals surface area contributed by atoms with E-state index in [1.54, 1.807) is 6.08 Å². The Labute approximate surface area is 137 Å². The maximum atomic E-state index is 8.03. The third kappa shape index (κ3) is 2.55. The van der Waals surface area contributed by atoms with Crippen molar-refractivity contribution in [1.82, 2.24) is 19.9 Å². The van der Waals surface area contributed by atoms with Crippen LogP contribution >= 0.6 is 11.3 Å². The molecule has 0 spiro atoms. The summed E-state index contributed by atoms with van der Waals surface area (Å²) in [5.41, 5.74) is 14.3. The van der Waals surface area contributed by atoms with Gasteiger partial charge < -0.3 is 21.4 Å². The van der Waals surface area contributed by atoms with Gasteiger partial charge in [-0.3, -0.25) is 5.41 Å². The summed E-state index contributed by atoms with van der Waals surface area (Å²) in [6, 6.07) is 1.87. The van der Waals surface area contributed by atoms with Gasteiger partial charge in [-0.15, -0.1) is 11.3 Å². The number of hydrogen-bond donors (Lipinski definition) is 4. The van der Waals surface area contributed by atoms with Crippen molar-refractivity contribution < 1.29 is 0 Å². The Bertz CT molecular complexity index is 919. The van der Waals surface area contributed by atoms with E-state index in [0.29, 0.717) is 23.6 Å². The molecule has 0 radical (unpaired) electrons. The highest BCUT2D eigenvalue weighted by Crippen LogP contribution is 2.34. The zero-order valence-corrected chi connectivity index (χ0v) is 13.9. The molecule has 0 aliphatic rings. The SMILES string of the molecule is CCNCc1nc2c(N)nc3cc(C(=N)/C=C\N)sc3c2n1C. The summed E-state index contributed by atoms with van der Waals surface area (Å²) < 4.78 is 3.03. The smallest absolute Gasteiger partial charge is 0.152 e. The molecule has 120 valence electrons. The second-order valence-corrected chi connectivity index (χ2v) is 6.21. The number of aromatic nitrogens is 3. The lowest BCUT2D eigenvalue weighted by atomic mass is 10.2. The van der Waals surface area contributed by atoms with Gasteiger partial charge in [0.25, 0.3) is 0 Å². The van der Waals surface area contributed by atoms with Gasteiger partial charge in [0.2, 0.25) is 0 Å². The first kappa shape index (κ1) is 15.4. The largest absolute Gasteiger partial charge is 0.405 e. The van der Waals surface area contributed by atoms with Crippen molar-refractivity contribution in [3.05, 3.63) is 29.0 Å². The van der Waals surface area contributed by atoms with E-state index in [1.165, 1.54) is 17.5 Å². The number of thiophene rings is 1. The van der Waals surface area contributed by atoms with Crippen LogP contribution in [0.4, 0.5) is 5.82 Å². The predicted molar refractivity (Wildman–Crippen MR) is 95.8 cm³/mol. The molecule has 3 heterocycles. The molecule has 8 heteroatoms. The first-order valence-corrected chi connectivity index (χ1v) is 8.10. The minimum atomic E-state index is 0.359. The Morgan fingerprint density at radius 3 is 2.96 bits per heavy atom. The highest BCUT2D eigenvalue weighted by molar-refractivity contribution is 7.21. The molecule has 6 N–H and O–H groups in total. The molecule has 0 aliphatic carbocycles. The van der Waals surface area contributed by atoms with Crippen molar-refractivity contribution in [2.24, 2.45) is 12.8 Å². The molecule has 3 aromatic heterocycles. The van der Waals surface area contributed by atoms with Gasteiger partial charge in [-0.1, -0.05) is 6.92 Å². The van der Waals surface area contributed by atoms with Crippen molar-refractivity contribution in [2.75, 3.05) is 12.3 Å². The number of nitrogens with two attached hydrogens (primary N) is 2. The third-order valence-electron chi connectivity index (χ3n) is 3.66. The highest BCUT2D eigenvalue weighted by atomic mass is 32.1. The van der Waals surface area contributed by atoms with E-state index in [4.69, 9.17) is 16.9 Å². The molecule has 7 nitrogen and oxygen atoms in total. The third-order valence-corrected chi connectivity index (χ3v) is 4.82. The Hall–Kier alpha value is -2.45. The molecule has 0 saturated carbocycles. The average molecular weight is 329 g/mol. The van der Waals surface area contributed by atoms with Gasteiger partial charge in [-0.25, -0.2) is 9.97 Å². The second kappa shape index (κ2) is 5.98. The molecule has 0 atom stereocenters. The highest BCUT2D eigenvalue weighted by Gasteiger charge is 2.17. The number of fused-ring (bicyclic) bond motifs is 3.